The molecule has 2 heterocycles. The Labute approximate surface area is 133 Å². The van der Waals surface area contributed by atoms with Crippen molar-refractivity contribution in [2.75, 3.05) is 18.0 Å². The SMILES string of the molecule is Cl.NC1CCN(c2ccccc2C=C2SC(=O)NC2=O)C1. The third kappa shape index (κ3) is 3.40. The minimum atomic E-state index is -0.326. The molecular formula is C14H16ClN3O2S. The molecule has 5 nitrogen and oxygen atoms in total. The first-order chi connectivity index (χ1) is 9.63. The maximum atomic E-state index is 11.6. The van der Waals surface area contributed by atoms with Crippen LogP contribution < -0.4 is 16.0 Å². The molecule has 1 atom stereocenters. The Bertz CT molecular complexity index is 606. The van der Waals surface area contributed by atoms with Gasteiger partial charge in [-0.15, -0.1) is 12.4 Å². The van der Waals surface area contributed by atoms with Crippen LogP contribution in [0.5, 0.6) is 0 Å². The third-order valence-corrected chi connectivity index (χ3v) is 4.24. The van der Waals surface area contributed by atoms with Crippen LogP contribution in [0.3, 0.4) is 0 Å². The van der Waals surface area contributed by atoms with Crippen molar-refractivity contribution < 1.29 is 9.59 Å². The Hall–Kier alpha value is -1.50. The summed E-state index contributed by atoms with van der Waals surface area (Å²) in [4.78, 5) is 25.5. The van der Waals surface area contributed by atoms with Gasteiger partial charge in [-0.05, 0) is 35.9 Å². The standard InChI is InChI=1S/C14H15N3O2S.ClH/c15-10-5-6-17(8-10)11-4-2-1-3-9(11)7-12-13(18)16-14(19)20-12;/h1-4,7,10H,5-6,8,15H2,(H,16,18,19);1H. The quantitative estimate of drug-likeness (QED) is 0.813. The van der Waals surface area contributed by atoms with Gasteiger partial charge in [-0.1, -0.05) is 18.2 Å². The van der Waals surface area contributed by atoms with E-state index in [0.29, 0.717) is 4.91 Å². The van der Waals surface area contributed by atoms with Gasteiger partial charge in [-0.2, -0.15) is 0 Å². The summed E-state index contributed by atoms with van der Waals surface area (Å²) in [5.41, 5.74) is 7.94. The summed E-state index contributed by atoms with van der Waals surface area (Å²) in [6.07, 6.45) is 2.74. The van der Waals surface area contributed by atoms with Gasteiger partial charge in [0.05, 0.1) is 4.91 Å². The van der Waals surface area contributed by atoms with E-state index in [1.807, 2.05) is 24.3 Å². The molecule has 3 rings (SSSR count). The third-order valence-electron chi connectivity index (χ3n) is 3.43. The van der Waals surface area contributed by atoms with Crippen molar-refractivity contribution in [1.82, 2.24) is 5.32 Å². The van der Waals surface area contributed by atoms with Gasteiger partial charge in [0.2, 0.25) is 0 Å². The van der Waals surface area contributed by atoms with Crippen molar-refractivity contribution in [1.29, 1.82) is 0 Å². The number of rotatable bonds is 2. The summed E-state index contributed by atoms with van der Waals surface area (Å²) in [7, 11) is 0. The van der Waals surface area contributed by atoms with Crippen LogP contribution in [0.4, 0.5) is 10.5 Å². The number of nitrogens with zero attached hydrogens (tertiary/aromatic N) is 1. The van der Waals surface area contributed by atoms with Crippen LogP contribution in [-0.2, 0) is 4.79 Å². The van der Waals surface area contributed by atoms with Crippen LogP contribution in [0, 0.1) is 0 Å². The fraction of sp³-hybridized carbons (Fsp3) is 0.286. The molecule has 1 aromatic carbocycles. The van der Waals surface area contributed by atoms with Gasteiger partial charge in [0.1, 0.15) is 0 Å². The second-order valence-electron chi connectivity index (χ2n) is 4.91. The number of para-hydroxylation sites is 1. The van der Waals surface area contributed by atoms with Crippen LogP contribution >= 0.6 is 24.2 Å². The van der Waals surface area contributed by atoms with Crippen LogP contribution in [0.15, 0.2) is 29.2 Å². The Balaban J connectivity index is 0.00000161. The zero-order chi connectivity index (χ0) is 14.1. The lowest BCUT2D eigenvalue weighted by atomic mass is 10.1. The number of hydrogen-bond acceptors (Lipinski definition) is 5. The van der Waals surface area contributed by atoms with Crippen molar-refractivity contribution in [2.45, 2.75) is 12.5 Å². The van der Waals surface area contributed by atoms with Crippen molar-refractivity contribution >= 4 is 47.1 Å². The number of imide groups is 1. The Kier molecular flexibility index (Phi) is 4.92. The van der Waals surface area contributed by atoms with Gasteiger partial charge in [0, 0.05) is 24.8 Å². The Morgan fingerprint density at radius 1 is 1.33 bits per heavy atom. The van der Waals surface area contributed by atoms with Gasteiger partial charge in [-0.3, -0.25) is 14.9 Å². The molecule has 1 unspecified atom stereocenters. The minimum absolute atomic E-state index is 0. The van der Waals surface area contributed by atoms with E-state index in [1.54, 1.807) is 6.08 Å². The number of amides is 2. The molecule has 2 amide bonds. The summed E-state index contributed by atoms with van der Waals surface area (Å²) in [5, 5.41) is 1.95. The molecule has 2 aliphatic heterocycles. The zero-order valence-electron chi connectivity index (χ0n) is 11.2. The Morgan fingerprint density at radius 2 is 2.10 bits per heavy atom. The number of anilines is 1. The van der Waals surface area contributed by atoms with Crippen molar-refractivity contribution in [3.05, 3.63) is 34.7 Å². The lowest BCUT2D eigenvalue weighted by molar-refractivity contribution is -0.115. The molecule has 0 aromatic heterocycles. The van der Waals surface area contributed by atoms with Gasteiger partial charge >= 0.3 is 0 Å². The maximum Gasteiger partial charge on any atom is 0.290 e. The molecule has 0 saturated carbocycles. The number of hydrogen-bond donors (Lipinski definition) is 2. The number of nitrogens with one attached hydrogen (secondary N) is 1. The van der Waals surface area contributed by atoms with E-state index in [2.05, 4.69) is 10.2 Å². The van der Waals surface area contributed by atoms with Crippen molar-refractivity contribution in [3.8, 4) is 0 Å². The number of halogens is 1. The fourth-order valence-corrected chi connectivity index (χ4v) is 3.14. The first-order valence-electron chi connectivity index (χ1n) is 6.48. The second kappa shape index (κ2) is 6.51. The maximum absolute atomic E-state index is 11.6. The average Bonchev–Trinajstić information content (AvgIpc) is 2.97. The lowest BCUT2D eigenvalue weighted by Crippen LogP contribution is -2.26. The number of nitrogens with two attached hydrogens (primary N) is 1. The molecule has 7 heteroatoms. The smallest absolute Gasteiger partial charge is 0.290 e. The molecule has 112 valence electrons. The topological polar surface area (TPSA) is 75.4 Å². The summed E-state index contributed by atoms with van der Waals surface area (Å²) in [6, 6.07) is 8.05. The molecule has 21 heavy (non-hydrogen) atoms. The van der Waals surface area contributed by atoms with Gasteiger partial charge in [0.15, 0.2) is 0 Å². The normalized spacial score (nSPS) is 23.4. The molecular weight excluding hydrogens is 310 g/mol. The summed E-state index contributed by atoms with van der Waals surface area (Å²) in [5.74, 6) is -0.326. The van der Waals surface area contributed by atoms with Crippen LogP contribution in [0.25, 0.3) is 6.08 Å². The number of benzene rings is 1. The number of carbonyl (C=O) groups is 2. The molecule has 1 aromatic rings. The van der Waals surface area contributed by atoms with E-state index in [9.17, 15) is 9.59 Å². The highest BCUT2D eigenvalue weighted by molar-refractivity contribution is 8.18. The molecule has 0 aliphatic carbocycles. The molecule has 3 N–H and O–H groups in total. The van der Waals surface area contributed by atoms with Crippen LogP contribution in [-0.4, -0.2) is 30.3 Å². The van der Waals surface area contributed by atoms with E-state index in [0.717, 1.165) is 42.5 Å². The first kappa shape index (κ1) is 15.9. The highest BCUT2D eigenvalue weighted by Gasteiger charge is 2.26. The van der Waals surface area contributed by atoms with Crippen LogP contribution in [0.1, 0.15) is 12.0 Å². The number of carbonyl (C=O) groups excluding carboxylic acids is 2. The summed E-state index contributed by atoms with van der Waals surface area (Å²) < 4.78 is 0. The molecule has 2 aliphatic rings. The highest BCUT2D eigenvalue weighted by atomic mass is 35.5. The van der Waals surface area contributed by atoms with Crippen molar-refractivity contribution in [3.63, 3.8) is 0 Å². The second-order valence-corrected chi connectivity index (χ2v) is 5.92. The van der Waals surface area contributed by atoms with E-state index >= 15 is 0 Å². The molecule has 0 radical (unpaired) electrons. The highest BCUT2D eigenvalue weighted by Crippen LogP contribution is 2.30. The zero-order valence-corrected chi connectivity index (χ0v) is 12.9. The predicted molar refractivity (Wildman–Crippen MR) is 87.6 cm³/mol. The number of thioether (sulfide) groups is 1. The van der Waals surface area contributed by atoms with E-state index in [-0.39, 0.29) is 29.6 Å². The first-order valence-corrected chi connectivity index (χ1v) is 7.29. The van der Waals surface area contributed by atoms with E-state index < -0.39 is 0 Å². The van der Waals surface area contributed by atoms with E-state index in [1.165, 1.54) is 0 Å². The average molecular weight is 326 g/mol. The van der Waals surface area contributed by atoms with Crippen LogP contribution in [0.2, 0.25) is 0 Å². The molecule has 2 fully saturated rings. The molecule has 0 bridgehead atoms. The van der Waals surface area contributed by atoms with Gasteiger partial charge in [0.25, 0.3) is 11.1 Å². The minimum Gasteiger partial charge on any atom is -0.369 e. The largest absolute Gasteiger partial charge is 0.369 e. The van der Waals surface area contributed by atoms with Gasteiger partial charge in [-0.25, -0.2) is 0 Å². The summed E-state index contributed by atoms with van der Waals surface area (Å²) in [6.45, 7) is 1.73. The fourth-order valence-electron chi connectivity index (χ4n) is 2.47. The molecule has 2 saturated heterocycles. The van der Waals surface area contributed by atoms with Gasteiger partial charge < -0.3 is 10.6 Å². The van der Waals surface area contributed by atoms with E-state index in [4.69, 9.17) is 5.73 Å². The molecule has 0 spiro atoms. The Morgan fingerprint density at radius 3 is 2.71 bits per heavy atom. The summed E-state index contributed by atoms with van der Waals surface area (Å²) >= 11 is 0.939. The monoisotopic (exact) mass is 325 g/mol. The predicted octanol–water partition coefficient (Wildman–Crippen LogP) is 1.97. The lowest BCUT2D eigenvalue weighted by Gasteiger charge is -2.20. The van der Waals surface area contributed by atoms with Crippen molar-refractivity contribution in [2.24, 2.45) is 5.73 Å².